The van der Waals surface area contributed by atoms with Crippen LogP contribution in [0, 0.1) is 11.3 Å². The Kier molecular flexibility index (Phi) is 4.12. The largest absolute Gasteiger partial charge is 0.398 e. The van der Waals surface area contributed by atoms with Crippen LogP contribution in [0.4, 0.5) is 5.69 Å². The Hall–Kier alpha value is -1.84. The summed E-state index contributed by atoms with van der Waals surface area (Å²) >= 11 is 3.23. The molecule has 0 heterocycles. The summed E-state index contributed by atoms with van der Waals surface area (Å²) in [6.45, 7) is 0. The normalized spacial score (nSPS) is 11.0. The van der Waals surface area contributed by atoms with Gasteiger partial charge in [-0.2, -0.15) is 5.26 Å². The highest BCUT2D eigenvalue weighted by Gasteiger charge is 2.19. The van der Waals surface area contributed by atoms with Crippen LogP contribution in [0.1, 0.15) is 11.1 Å². The number of anilines is 1. The molecule has 0 spiro atoms. The lowest BCUT2D eigenvalue weighted by Gasteiger charge is -2.08. The monoisotopic (exact) mass is 350 g/mol. The summed E-state index contributed by atoms with van der Waals surface area (Å²) in [6.07, 6.45) is 0. The molecule has 0 saturated carbocycles. The van der Waals surface area contributed by atoms with Crippen LogP contribution in [0.25, 0.3) is 0 Å². The fourth-order valence-corrected chi connectivity index (χ4v) is 3.83. The molecule has 0 aliphatic carbocycles. The molecule has 0 radical (unpaired) electrons. The predicted octanol–water partition coefficient (Wildman–Crippen LogP) is 2.88. The molecule has 0 atom stereocenters. The number of nitrogens with zero attached hydrogens (tertiary/aromatic N) is 1. The van der Waals surface area contributed by atoms with Crippen molar-refractivity contribution in [1.82, 2.24) is 0 Å². The third kappa shape index (κ3) is 3.18. The number of halogens is 1. The van der Waals surface area contributed by atoms with Crippen molar-refractivity contribution in [3.8, 4) is 6.07 Å². The van der Waals surface area contributed by atoms with Crippen LogP contribution in [0.3, 0.4) is 0 Å². The van der Waals surface area contributed by atoms with Gasteiger partial charge in [0.25, 0.3) is 0 Å². The predicted molar refractivity (Wildman–Crippen MR) is 80.6 cm³/mol. The molecule has 4 nitrogen and oxygen atoms in total. The first-order chi connectivity index (χ1) is 9.42. The minimum Gasteiger partial charge on any atom is -0.398 e. The first-order valence-corrected chi connectivity index (χ1v) is 8.14. The Labute approximate surface area is 125 Å². The molecule has 0 fully saturated rings. The fourth-order valence-electron chi connectivity index (χ4n) is 1.81. The van der Waals surface area contributed by atoms with Crippen molar-refractivity contribution in [2.24, 2.45) is 0 Å². The average molecular weight is 351 g/mol. The molecule has 6 heteroatoms. The maximum atomic E-state index is 12.4. The van der Waals surface area contributed by atoms with Crippen LogP contribution in [0.2, 0.25) is 0 Å². The molecule has 2 aromatic carbocycles. The molecule has 0 bridgehead atoms. The Morgan fingerprint density at radius 1 is 1.20 bits per heavy atom. The van der Waals surface area contributed by atoms with Crippen molar-refractivity contribution in [2.75, 3.05) is 5.73 Å². The highest BCUT2D eigenvalue weighted by atomic mass is 79.9. The van der Waals surface area contributed by atoms with Crippen LogP contribution in [0.15, 0.2) is 51.8 Å². The Morgan fingerprint density at radius 2 is 1.95 bits per heavy atom. The number of nitriles is 1. The van der Waals surface area contributed by atoms with Gasteiger partial charge < -0.3 is 5.73 Å². The highest BCUT2D eigenvalue weighted by Crippen LogP contribution is 2.26. The van der Waals surface area contributed by atoms with Crippen molar-refractivity contribution in [3.63, 3.8) is 0 Å². The smallest absolute Gasteiger partial charge is 0.184 e. The van der Waals surface area contributed by atoms with E-state index in [-0.39, 0.29) is 16.3 Å². The Morgan fingerprint density at radius 3 is 2.65 bits per heavy atom. The van der Waals surface area contributed by atoms with Gasteiger partial charge in [0.2, 0.25) is 0 Å². The zero-order valence-electron chi connectivity index (χ0n) is 10.4. The van der Waals surface area contributed by atoms with Crippen molar-refractivity contribution < 1.29 is 8.42 Å². The van der Waals surface area contributed by atoms with Gasteiger partial charge in [0.1, 0.15) is 0 Å². The molecule has 0 amide bonds. The van der Waals surface area contributed by atoms with E-state index >= 15 is 0 Å². The summed E-state index contributed by atoms with van der Waals surface area (Å²) < 4.78 is 25.4. The van der Waals surface area contributed by atoms with Gasteiger partial charge >= 0.3 is 0 Å². The molecule has 0 aliphatic rings. The quantitative estimate of drug-likeness (QED) is 0.862. The Bertz CT molecular complexity index is 795. The molecular weight excluding hydrogens is 340 g/mol. The fraction of sp³-hybridized carbons (Fsp3) is 0.0714. The second-order valence-electron chi connectivity index (χ2n) is 4.25. The standard InChI is InChI=1S/C14H11BrN2O2S/c15-12-4-5-13(17)14(7-12)20(18,19)9-11-3-1-2-10(6-11)8-16/h1-7H,9,17H2. The molecule has 20 heavy (non-hydrogen) atoms. The second kappa shape index (κ2) is 5.65. The molecule has 2 N–H and O–H groups in total. The van der Waals surface area contributed by atoms with Crippen LogP contribution < -0.4 is 5.73 Å². The van der Waals surface area contributed by atoms with Gasteiger partial charge in [-0.05, 0) is 35.9 Å². The van der Waals surface area contributed by atoms with E-state index in [2.05, 4.69) is 15.9 Å². The Balaban J connectivity index is 2.41. The maximum Gasteiger partial charge on any atom is 0.184 e. The van der Waals surface area contributed by atoms with E-state index < -0.39 is 9.84 Å². The number of nitrogens with two attached hydrogens (primary N) is 1. The summed E-state index contributed by atoms with van der Waals surface area (Å²) in [5, 5.41) is 8.83. The van der Waals surface area contributed by atoms with Gasteiger partial charge in [0.15, 0.2) is 9.84 Å². The van der Waals surface area contributed by atoms with Gasteiger partial charge in [0.05, 0.1) is 28.0 Å². The molecule has 0 aliphatic heterocycles. The number of hydrogen-bond acceptors (Lipinski definition) is 4. The number of rotatable bonds is 3. The summed E-state index contributed by atoms with van der Waals surface area (Å²) in [5.74, 6) is -0.191. The second-order valence-corrected chi connectivity index (χ2v) is 7.13. The van der Waals surface area contributed by atoms with Gasteiger partial charge in [0, 0.05) is 4.47 Å². The van der Waals surface area contributed by atoms with E-state index in [4.69, 9.17) is 11.0 Å². The van der Waals surface area contributed by atoms with E-state index in [1.807, 2.05) is 6.07 Å². The van der Waals surface area contributed by atoms with E-state index in [1.54, 1.807) is 36.4 Å². The molecule has 102 valence electrons. The maximum absolute atomic E-state index is 12.4. The lowest BCUT2D eigenvalue weighted by molar-refractivity contribution is 0.595. The van der Waals surface area contributed by atoms with E-state index in [1.165, 1.54) is 6.07 Å². The molecule has 0 unspecified atom stereocenters. The summed E-state index contributed by atoms with van der Waals surface area (Å²) in [6, 6.07) is 13.2. The van der Waals surface area contributed by atoms with Gasteiger partial charge in [-0.25, -0.2) is 8.42 Å². The first kappa shape index (κ1) is 14.6. The zero-order chi connectivity index (χ0) is 14.8. The van der Waals surface area contributed by atoms with Gasteiger partial charge in [-0.1, -0.05) is 28.1 Å². The van der Waals surface area contributed by atoms with Crippen LogP contribution in [-0.2, 0) is 15.6 Å². The lowest BCUT2D eigenvalue weighted by atomic mass is 10.2. The topological polar surface area (TPSA) is 84.0 Å². The molecule has 2 rings (SSSR count). The average Bonchev–Trinajstić information content (AvgIpc) is 2.41. The summed E-state index contributed by atoms with van der Waals surface area (Å²) in [4.78, 5) is 0.0919. The van der Waals surface area contributed by atoms with E-state index in [9.17, 15) is 8.42 Å². The van der Waals surface area contributed by atoms with E-state index in [0.717, 1.165) is 0 Å². The van der Waals surface area contributed by atoms with Gasteiger partial charge in [-0.15, -0.1) is 0 Å². The number of nitrogen functional groups attached to an aromatic ring is 1. The van der Waals surface area contributed by atoms with Crippen molar-refractivity contribution >= 4 is 31.5 Å². The van der Waals surface area contributed by atoms with E-state index in [0.29, 0.717) is 15.6 Å². The number of benzene rings is 2. The lowest BCUT2D eigenvalue weighted by Crippen LogP contribution is -2.08. The van der Waals surface area contributed by atoms with Crippen LogP contribution in [0.5, 0.6) is 0 Å². The summed E-state index contributed by atoms with van der Waals surface area (Å²) in [7, 11) is -3.56. The van der Waals surface area contributed by atoms with Crippen LogP contribution >= 0.6 is 15.9 Å². The minimum atomic E-state index is -3.56. The van der Waals surface area contributed by atoms with Gasteiger partial charge in [-0.3, -0.25) is 0 Å². The van der Waals surface area contributed by atoms with Crippen molar-refractivity contribution in [3.05, 3.63) is 58.1 Å². The number of sulfone groups is 1. The molecule has 0 aromatic heterocycles. The van der Waals surface area contributed by atoms with Crippen molar-refractivity contribution in [1.29, 1.82) is 5.26 Å². The third-order valence-corrected chi connectivity index (χ3v) is 4.95. The summed E-state index contributed by atoms with van der Waals surface area (Å²) in [5.41, 5.74) is 6.93. The SMILES string of the molecule is N#Cc1cccc(CS(=O)(=O)c2cc(Br)ccc2N)c1. The minimum absolute atomic E-state index is 0.0919. The highest BCUT2D eigenvalue weighted by molar-refractivity contribution is 9.10. The first-order valence-electron chi connectivity index (χ1n) is 5.69. The number of hydrogen-bond donors (Lipinski definition) is 1. The molecular formula is C14H11BrN2O2S. The van der Waals surface area contributed by atoms with Crippen LogP contribution in [-0.4, -0.2) is 8.42 Å². The molecule has 2 aromatic rings. The van der Waals surface area contributed by atoms with Crippen molar-refractivity contribution in [2.45, 2.75) is 10.6 Å². The molecule has 0 saturated heterocycles. The third-order valence-electron chi connectivity index (χ3n) is 2.72. The zero-order valence-corrected chi connectivity index (χ0v) is 12.8.